The SMILES string of the molecule is CC(=O)N(c1ccc(CCC(=O)O)cc1F)C1(n2c(-c3ccc(Cl)cc3)nc3cc(F)c(F)cc32)CCCCC1. The van der Waals surface area contributed by atoms with Crippen molar-refractivity contribution in [3.8, 4) is 11.4 Å². The lowest BCUT2D eigenvalue weighted by Crippen LogP contribution is -2.55. The van der Waals surface area contributed by atoms with Gasteiger partial charge in [0.2, 0.25) is 5.91 Å². The van der Waals surface area contributed by atoms with Gasteiger partial charge in [-0.05, 0) is 74.1 Å². The summed E-state index contributed by atoms with van der Waals surface area (Å²) in [6.45, 7) is 1.34. The van der Waals surface area contributed by atoms with Crippen molar-refractivity contribution in [1.82, 2.24) is 9.55 Å². The maximum Gasteiger partial charge on any atom is 0.303 e. The van der Waals surface area contributed by atoms with E-state index in [4.69, 9.17) is 16.7 Å². The number of aromatic nitrogens is 2. The molecule has 1 N–H and O–H groups in total. The lowest BCUT2D eigenvalue weighted by molar-refractivity contribution is -0.137. The zero-order chi connectivity index (χ0) is 28.6. The monoisotopic (exact) mass is 569 g/mol. The molecule has 4 aromatic rings. The molecule has 10 heteroatoms. The van der Waals surface area contributed by atoms with Crippen molar-refractivity contribution >= 4 is 40.2 Å². The number of imidazole rings is 1. The summed E-state index contributed by atoms with van der Waals surface area (Å²) in [5.74, 6) is -3.87. The first-order valence-corrected chi connectivity index (χ1v) is 13.4. The molecular weight excluding hydrogens is 543 g/mol. The van der Waals surface area contributed by atoms with Gasteiger partial charge in [0.25, 0.3) is 0 Å². The molecule has 5 rings (SSSR count). The van der Waals surface area contributed by atoms with Gasteiger partial charge < -0.3 is 5.11 Å². The van der Waals surface area contributed by atoms with E-state index in [1.807, 2.05) is 0 Å². The normalized spacial score (nSPS) is 14.8. The molecule has 0 unspecified atom stereocenters. The molecule has 6 nitrogen and oxygen atoms in total. The van der Waals surface area contributed by atoms with Crippen LogP contribution in [0.2, 0.25) is 5.02 Å². The van der Waals surface area contributed by atoms with E-state index in [0.717, 1.165) is 18.6 Å². The number of carboxylic acids is 1. The molecule has 208 valence electrons. The average molecular weight is 570 g/mol. The van der Waals surface area contributed by atoms with Crippen molar-refractivity contribution < 1.29 is 27.9 Å². The van der Waals surface area contributed by atoms with Gasteiger partial charge in [0.05, 0.1) is 16.7 Å². The van der Waals surface area contributed by atoms with Crippen LogP contribution in [-0.2, 0) is 21.7 Å². The summed E-state index contributed by atoms with van der Waals surface area (Å²) in [6.07, 6.45) is 3.09. The van der Waals surface area contributed by atoms with E-state index in [-0.39, 0.29) is 29.6 Å². The molecule has 0 atom stereocenters. The van der Waals surface area contributed by atoms with Crippen LogP contribution in [0, 0.1) is 17.5 Å². The van der Waals surface area contributed by atoms with E-state index in [9.17, 15) is 18.4 Å². The minimum Gasteiger partial charge on any atom is -0.481 e. The van der Waals surface area contributed by atoms with Gasteiger partial charge in [-0.15, -0.1) is 0 Å². The van der Waals surface area contributed by atoms with E-state index in [1.165, 1.54) is 24.0 Å². The maximum atomic E-state index is 15.8. The van der Waals surface area contributed by atoms with Crippen molar-refractivity contribution in [3.05, 3.63) is 82.6 Å². The van der Waals surface area contributed by atoms with Crippen LogP contribution in [0.3, 0.4) is 0 Å². The Kier molecular flexibility index (Phi) is 7.59. The summed E-state index contributed by atoms with van der Waals surface area (Å²) in [4.78, 5) is 30.5. The van der Waals surface area contributed by atoms with Crippen LogP contribution in [0.4, 0.5) is 18.9 Å². The number of benzene rings is 3. The number of aliphatic carboxylic acids is 1. The van der Waals surface area contributed by atoms with Crippen molar-refractivity contribution in [1.29, 1.82) is 0 Å². The number of carbonyl (C=O) groups is 2. The second-order valence-electron chi connectivity index (χ2n) is 10.1. The number of hydrogen-bond donors (Lipinski definition) is 1. The smallest absolute Gasteiger partial charge is 0.303 e. The second kappa shape index (κ2) is 11.0. The summed E-state index contributed by atoms with van der Waals surface area (Å²) < 4.78 is 46.5. The van der Waals surface area contributed by atoms with Crippen LogP contribution < -0.4 is 4.90 Å². The van der Waals surface area contributed by atoms with Crippen molar-refractivity contribution in [2.75, 3.05) is 4.90 Å². The number of fused-ring (bicyclic) bond motifs is 1. The number of anilines is 1. The average Bonchev–Trinajstić information content (AvgIpc) is 3.28. The van der Waals surface area contributed by atoms with Crippen LogP contribution in [0.1, 0.15) is 51.0 Å². The molecule has 3 aromatic carbocycles. The van der Waals surface area contributed by atoms with Gasteiger partial charge in [-0.1, -0.05) is 24.1 Å². The summed E-state index contributed by atoms with van der Waals surface area (Å²) in [7, 11) is 0. The molecule has 1 saturated carbocycles. The predicted octanol–water partition coefficient (Wildman–Crippen LogP) is 7.46. The quantitative estimate of drug-likeness (QED) is 0.251. The van der Waals surface area contributed by atoms with Crippen molar-refractivity contribution in [2.24, 2.45) is 0 Å². The highest BCUT2D eigenvalue weighted by Gasteiger charge is 2.45. The van der Waals surface area contributed by atoms with Gasteiger partial charge in [-0.3, -0.25) is 19.1 Å². The topological polar surface area (TPSA) is 75.4 Å². The Bertz CT molecular complexity index is 1600. The number of rotatable bonds is 7. The zero-order valence-corrected chi connectivity index (χ0v) is 22.5. The fourth-order valence-electron chi connectivity index (χ4n) is 5.78. The Morgan fingerprint density at radius 2 is 1.65 bits per heavy atom. The minimum atomic E-state index is -1.19. The predicted molar refractivity (Wildman–Crippen MR) is 147 cm³/mol. The number of carbonyl (C=O) groups excluding carboxylic acids is 1. The lowest BCUT2D eigenvalue weighted by Gasteiger charge is -2.48. The first kappa shape index (κ1) is 27.7. The molecule has 1 aliphatic carbocycles. The number of carboxylic acid groups (broad SMARTS) is 1. The summed E-state index contributed by atoms with van der Waals surface area (Å²) in [5.41, 5.74) is 0.385. The molecular formula is C30H27ClF3N3O3. The molecule has 1 heterocycles. The highest BCUT2D eigenvalue weighted by molar-refractivity contribution is 6.30. The second-order valence-corrected chi connectivity index (χ2v) is 10.5. The largest absolute Gasteiger partial charge is 0.481 e. The number of amides is 1. The van der Waals surface area contributed by atoms with Crippen LogP contribution in [0.25, 0.3) is 22.4 Å². The van der Waals surface area contributed by atoms with E-state index in [1.54, 1.807) is 34.9 Å². The van der Waals surface area contributed by atoms with Gasteiger partial charge >= 0.3 is 5.97 Å². The maximum absolute atomic E-state index is 15.8. The van der Waals surface area contributed by atoms with E-state index < -0.39 is 35.0 Å². The number of hydrogen-bond acceptors (Lipinski definition) is 3. The van der Waals surface area contributed by atoms with Gasteiger partial charge in [0.15, 0.2) is 11.6 Å². The van der Waals surface area contributed by atoms with Gasteiger partial charge in [-0.25, -0.2) is 18.2 Å². The van der Waals surface area contributed by atoms with Crippen molar-refractivity contribution in [3.63, 3.8) is 0 Å². The van der Waals surface area contributed by atoms with Crippen molar-refractivity contribution in [2.45, 2.75) is 57.5 Å². The molecule has 0 aliphatic heterocycles. The molecule has 40 heavy (non-hydrogen) atoms. The van der Waals surface area contributed by atoms with Crippen LogP contribution in [0.5, 0.6) is 0 Å². The highest BCUT2D eigenvalue weighted by atomic mass is 35.5. The standard InChI is InChI=1S/C30H27ClF3N3O3/c1-18(38)36(26-11-5-19(15-24(26)34)6-12-28(39)40)30(13-3-2-4-14-30)37-27-17-23(33)22(32)16-25(27)35-29(37)20-7-9-21(31)10-8-20/h5,7-11,15-17H,2-4,6,12-14H2,1H3,(H,39,40). The van der Waals surface area contributed by atoms with Gasteiger partial charge in [-0.2, -0.15) is 0 Å². The third-order valence-electron chi connectivity index (χ3n) is 7.48. The molecule has 1 fully saturated rings. The third-order valence-corrected chi connectivity index (χ3v) is 7.73. The van der Waals surface area contributed by atoms with Crippen LogP contribution in [0.15, 0.2) is 54.6 Å². The number of nitrogens with zero attached hydrogens (tertiary/aromatic N) is 3. The fraction of sp³-hybridized carbons (Fsp3) is 0.300. The molecule has 1 amide bonds. The lowest BCUT2D eigenvalue weighted by atomic mass is 9.85. The van der Waals surface area contributed by atoms with E-state index >= 15 is 4.39 Å². The number of aryl methyl sites for hydroxylation is 1. The molecule has 1 aliphatic rings. The Balaban J connectivity index is 1.77. The Morgan fingerprint density at radius 3 is 2.27 bits per heavy atom. The summed E-state index contributed by atoms with van der Waals surface area (Å²) in [6, 6.07) is 13.2. The number of halogens is 4. The minimum absolute atomic E-state index is 0.0139. The molecule has 0 spiro atoms. The first-order valence-electron chi connectivity index (χ1n) is 13.1. The first-order chi connectivity index (χ1) is 19.1. The van der Waals surface area contributed by atoms with Gasteiger partial charge in [0.1, 0.15) is 17.3 Å². The molecule has 0 radical (unpaired) electrons. The third kappa shape index (κ3) is 5.06. The van der Waals surface area contributed by atoms with Crippen LogP contribution in [-0.4, -0.2) is 26.5 Å². The Hall–Kier alpha value is -3.85. The van der Waals surface area contributed by atoms with Gasteiger partial charge in [0, 0.05) is 36.1 Å². The molecule has 0 bridgehead atoms. The fourth-order valence-corrected chi connectivity index (χ4v) is 5.90. The van der Waals surface area contributed by atoms with E-state index in [2.05, 4.69) is 4.98 Å². The van der Waals surface area contributed by atoms with E-state index in [0.29, 0.717) is 47.7 Å². The summed E-state index contributed by atoms with van der Waals surface area (Å²) >= 11 is 6.12. The highest BCUT2D eigenvalue weighted by Crippen LogP contribution is 2.46. The van der Waals surface area contributed by atoms with Crippen LogP contribution >= 0.6 is 11.6 Å². The zero-order valence-electron chi connectivity index (χ0n) is 21.8. The molecule has 0 saturated heterocycles. The molecule has 1 aromatic heterocycles. The summed E-state index contributed by atoms with van der Waals surface area (Å²) in [5, 5.41) is 9.51. The Morgan fingerprint density at radius 1 is 0.975 bits per heavy atom. The Labute approximate surface area is 234 Å².